The third kappa shape index (κ3) is 23.7. The molecule has 0 unspecified atom stereocenters. The minimum atomic E-state index is -0.761. The van der Waals surface area contributed by atoms with Crippen LogP contribution >= 0.6 is 0 Å². The number of epoxide rings is 2. The van der Waals surface area contributed by atoms with Crippen LogP contribution in [0.15, 0.2) is 0 Å². The van der Waals surface area contributed by atoms with Gasteiger partial charge in [-0.3, -0.25) is 38.4 Å². The zero-order valence-corrected chi connectivity index (χ0v) is 45.4. The Morgan fingerprint density at radius 3 is 1.03 bits per heavy atom. The number of Topliss-reactive ketones (excluding diaryl/α,β-unsaturated/α-hetero) is 6. The molecule has 12 nitrogen and oxygen atoms in total. The van der Waals surface area contributed by atoms with E-state index >= 15 is 0 Å². The van der Waals surface area contributed by atoms with Gasteiger partial charge in [-0.2, -0.15) is 0 Å². The molecule has 68 heavy (non-hydrogen) atoms. The van der Waals surface area contributed by atoms with Crippen LogP contribution in [0.1, 0.15) is 225 Å². The number of carbonyl (C=O) groups is 8. The fourth-order valence-electron chi connectivity index (χ4n) is 8.94. The number of hydrogen-bond acceptors (Lipinski definition) is 10. The zero-order valence-electron chi connectivity index (χ0n) is 45.4. The number of unbranched alkanes of at least 4 members (excludes halogenated alkanes) is 6. The van der Waals surface area contributed by atoms with Gasteiger partial charge in [0.05, 0.1) is 25.3 Å². The minimum Gasteiger partial charge on any atom is -0.362 e. The predicted molar refractivity (Wildman–Crippen MR) is 271 cm³/mol. The average Bonchev–Trinajstić information content (AvgIpc) is 4.21. The lowest BCUT2D eigenvalue weighted by atomic mass is 9.82. The molecule has 0 bridgehead atoms. The van der Waals surface area contributed by atoms with Crippen LogP contribution < -0.4 is 10.6 Å². The summed E-state index contributed by atoms with van der Waals surface area (Å²) < 4.78 is 10.7. The fraction of sp³-hybridized carbons (Fsp3) is 0.857. The minimum absolute atomic E-state index is 0.000662. The maximum absolute atomic E-state index is 13.3. The summed E-state index contributed by atoms with van der Waals surface area (Å²) in [5, 5.41) is 5.95. The smallest absolute Gasteiger partial charge is 0.224 e. The summed E-state index contributed by atoms with van der Waals surface area (Å²) in [5.74, 6) is -1.58. The van der Waals surface area contributed by atoms with Crippen molar-refractivity contribution in [2.24, 2.45) is 47.3 Å². The summed E-state index contributed by atoms with van der Waals surface area (Å²) in [4.78, 5) is 104. The van der Waals surface area contributed by atoms with Gasteiger partial charge in [-0.15, -0.1) is 0 Å². The van der Waals surface area contributed by atoms with Gasteiger partial charge in [-0.25, -0.2) is 0 Å². The van der Waals surface area contributed by atoms with Crippen molar-refractivity contribution in [3.05, 3.63) is 0 Å². The Kier molecular flexibility index (Phi) is 29.6. The van der Waals surface area contributed by atoms with E-state index in [2.05, 4.69) is 24.5 Å². The number of rotatable bonds is 38. The first kappa shape index (κ1) is 62.9. The molecule has 0 aromatic carbocycles. The van der Waals surface area contributed by atoms with Crippen LogP contribution in [0.25, 0.3) is 0 Å². The van der Waals surface area contributed by atoms with Gasteiger partial charge in [0.15, 0.2) is 23.1 Å². The van der Waals surface area contributed by atoms with Crippen LogP contribution in [0.4, 0.5) is 0 Å². The van der Waals surface area contributed by atoms with Crippen LogP contribution in [-0.2, 0) is 47.8 Å². The van der Waals surface area contributed by atoms with E-state index in [1.54, 1.807) is 13.8 Å². The summed E-state index contributed by atoms with van der Waals surface area (Å²) in [7, 11) is 0. The molecule has 392 valence electrons. The monoisotopic (exact) mass is 959 g/mol. The van der Waals surface area contributed by atoms with Gasteiger partial charge < -0.3 is 20.1 Å². The highest BCUT2D eigenvalue weighted by atomic mass is 16.6. The lowest BCUT2D eigenvalue weighted by Gasteiger charge is -2.26. The third-order valence-corrected chi connectivity index (χ3v) is 13.7. The first-order valence-electron chi connectivity index (χ1n) is 27.0. The molecule has 12 heteroatoms. The summed E-state index contributed by atoms with van der Waals surface area (Å²) in [6.45, 7) is 28.6. The SMILES string of the molecule is CCCCCC(=O)C[C@@H](C(=O)N[C@@H](CCCC)C(=O)C[C@@H](CC(C)C)C(=O)[C@@]1(C)CO1)C(C)C.CCCCCC(=O)C[C@H](C(=O)N[C@@H](CCCC)C(=O)C[C@@H](CC(C)C)C(=O)[C@@]1(C)CO1)C(C)C. The lowest BCUT2D eigenvalue weighted by molar-refractivity contribution is -0.135. The molecule has 0 radical (unpaired) electrons. The van der Waals surface area contributed by atoms with E-state index < -0.39 is 47.0 Å². The maximum atomic E-state index is 13.3. The topological polar surface area (TPSA) is 186 Å². The summed E-state index contributed by atoms with van der Waals surface area (Å²) in [5.41, 5.74) is -1.52. The second-order valence-electron chi connectivity index (χ2n) is 22.3. The summed E-state index contributed by atoms with van der Waals surface area (Å²) >= 11 is 0. The summed E-state index contributed by atoms with van der Waals surface area (Å²) in [6, 6.07) is -1.25. The lowest BCUT2D eigenvalue weighted by Crippen LogP contribution is -2.46. The fourth-order valence-corrected chi connectivity index (χ4v) is 8.94. The van der Waals surface area contributed by atoms with Crippen molar-refractivity contribution in [3.8, 4) is 0 Å². The second-order valence-corrected chi connectivity index (χ2v) is 22.3. The van der Waals surface area contributed by atoms with Crippen molar-refractivity contribution in [2.45, 2.75) is 249 Å². The Bertz CT molecular complexity index is 1480. The Hall–Kier alpha value is -3.12. The molecule has 0 aliphatic carbocycles. The maximum Gasteiger partial charge on any atom is 0.224 e. The Morgan fingerprint density at radius 2 is 0.779 bits per heavy atom. The van der Waals surface area contributed by atoms with Crippen LogP contribution in [0.5, 0.6) is 0 Å². The molecule has 0 aromatic rings. The van der Waals surface area contributed by atoms with Crippen molar-refractivity contribution in [1.29, 1.82) is 0 Å². The van der Waals surface area contributed by atoms with Crippen molar-refractivity contribution in [2.75, 3.05) is 13.2 Å². The van der Waals surface area contributed by atoms with Gasteiger partial charge in [0.25, 0.3) is 0 Å². The van der Waals surface area contributed by atoms with Gasteiger partial charge in [0, 0.05) is 62.2 Å². The van der Waals surface area contributed by atoms with E-state index in [1.807, 2.05) is 69.2 Å². The number of amides is 2. The standard InChI is InChI=1S/2C28H49NO5/c2*1-8-10-12-13-22(30)17-23(20(5)6)27(33)29-24(14-11-9-2)25(31)16-21(15-19(3)4)26(32)28(7)18-34-28/h2*19-21,23-24H,8-18H2,1-7H3,(H,29,33)/t21-,23+,24+,28-;21-,23-,24+,28-/m11/s1. The highest BCUT2D eigenvalue weighted by Gasteiger charge is 2.51. The van der Waals surface area contributed by atoms with Crippen LogP contribution in [0.2, 0.25) is 0 Å². The largest absolute Gasteiger partial charge is 0.362 e. The van der Waals surface area contributed by atoms with Crippen LogP contribution in [0, 0.1) is 47.3 Å². The molecular weight excluding hydrogens is 861 g/mol. The Morgan fingerprint density at radius 1 is 0.471 bits per heavy atom. The summed E-state index contributed by atoms with van der Waals surface area (Å²) in [6.07, 6.45) is 13.3. The Labute approximate surface area is 412 Å². The van der Waals surface area contributed by atoms with Gasteiger partial charge in [0.2, 0.25) is 11.8 Å². The molecule has 2 aliphatic rings. The number of ketones is 6. The average molecular weight is 959 g/mol. The molecular formula is C56H98N2O10. The molecule has 2 aliphatic heterocycles. The molecule has 8 atom stereocenters. The van der Waals surface area contributed by atoms with Crippen molar-refractivity contribution in [3.63, 3.8) is 0 Å². The zero-order chi connectivity index (χ0) is 51.8. The van der Waals surface area contributed by atoms with E-state index in [4.69, 9.17) is 9.47 Å². The van der Waals surface area contributed by atoms with E-state index in [1.165, 1.54) is 0 Å². The van der Waals surface area contributed by atoms with Crippen LogP contribution in [0.3, 0.4) is 0 Å². The number of nitrogens with one attached hydrogen (secondary N) is 2. The second kappa shape index (κ2) is 32.0. The number of carbonyl (C=O) groups excluding carboxylic acids is 8. The van der Waals surface area contributed by atoms with Gasteiger partial charge in [-0.1, -0.05) is 134 Å². The first-order valence-corrected chi connectivity index (χ1v) is 27.0. The van der Waals surface area contributed by atoms with Crippen molar-refractivity contribution in [1.82, 2.24) is 10.6 Å². The number of ether oxygens (including phenoxy) is 2. The van der Waals surface area contributed by atoms with Gasteiger partial charge >= 0.3 is 0 Å². The van der Waals surface area contributed by atoms with E-state index in [9.17, 15) is 38.4 Å². The molecule has 2 amide bonds. The van der Waals surface area contributed by atoms with Crippen molar-refractivity contribution < 1.29 is 47.8 Å². The molecule has 0 spiro atoms. The molecule has 2 heterocycles. The van der Waals surface area contributed by atoms with Crippen molar-refractivity contribution >= 4 is 46.5 Å². The van der Waals surface area contributed by atoms with E-state index in [-0.39, 0.29) is 95.9 Å². The molecule has 2 saturated heterocycles. The molecule has 0 saturated carbocycles. The molecule has 2 N–H and O–H groups in total. The molecule has 2 fully saturated rings. The van der Waals surface area contributed by atoms with E-state index in [0.29, 0.717) is 51.7 Å². The highest BCUT2D eigenvalue weighted by molar-refractivity contribution is 5.98. The molecule has 2 rings (SSSR count). The van der Waals surface area contributed by atoms with Gasteiger partial charge in [-0.05, 0) is 76.0 Å². The quantitative estimate of drug-likeness (QED) is 0.0446. The third-order valence-electron chi connectivity index (χ3n) is 13.7. The van der Waals surface area contributed by atoms with E-state index in [0.717, 1.165) is 64.2 Å². The highest BCUT2D eigenvalue weighted by Crippen LogP contribution is 2.35. The Balaban J connectivity index is 0.000000680. The molecule has 0 aromatic heterocycles. The normalized spacial score (nSPS) is 20.1. The first-order chi connectivity index (χ1) is 31.9. The predicted octanol–water partition coefficient (Wildman–Crippen LogP) is 10.9. The van der Waals surface area contributed by atoms with Gasteiger partial charge in [0.1, 0.15) is 22.8 Å². The van der Waals surface area contributed by atoms with Crippen LogP contribution in [-0.4, -0.2) is 83.0 Å². The number of hydrogen-bond donors (Lipinski definition) is 2.